The van der Waals surface area contributed by atoms with E-state index in [0.717, 1.165) is 37.1 Å². The second-order valence-electron chi connectivity index (χ2n) is 5.27. The number of likely N-dealkylation sites (tertiary alicyclic amines) is 1. The lowest BCUT2D eigenvalue weighted by Crippen LogP contribution is -2.28. The Morgan fingerprint density at radius 2 is 1.90 bits per heavy atom. The van der Waals surface area contributed by atoms with Gasteiger partial charge in [-0.25, -0.2) is 0 Å². The topological polar surface area (TPSA) is 33.7 Å². The van der Waals surface area contributed by atoms with Crippen molar-refractivity contribution in [1.82, 2.24) is 10.2 Å². The summed E-state index contributed by atoms with van der Waals surface area (Å²) in [5.41, 5.74) is 0. The molecule has 2 rings (SSSR count). The standard InChI is InChI=1S/C16H26N2O2/c1-3-19-15-4-6-16(7-5-15)20-11-10-18-9-8-14(13-18)12-17-2/h4-7,14,17H,3,8-13H2,1-2H3. The van der Waals surface area contributed by atoms with Gasteiger partial charge in [0, 0.05) is 13.1 Å². The van der Waals surface area contributed by atoms with Gasteiger partial charge >= 0.3 is 0 Å². The van der Waals surface area contributed by atoms with Crippen LogP contribution in [0.2, 0.25) is 0 Å². The van der Waals surface area contributed by atoms with E-state index in [1.807, 2.05) is 38.2 Å². The Kier molecular flexibility index (Phi) is 6.15. The maximum absolute atomic E-state index is 5.78. The monoisotopic (exact) mass is 278 g/mol. The zero-order valence-corrected chi connectivity index (χ0v) is 12.6. The van der Waals surface area contributed by atoms with Crippen molar-refractivity contribution >= 4 is 0 Å². The molecule has 20 heavy (non-hydrogen) atoms. The molecule has 1 fully saturated rings. The highest BCUT2D eigenvalue weighted by Crippen LogP contribution is 2.18. The molecule has 4 nitrogen and oxygen atoms in total. The minimum Gasteiger partial charge on any atom is -0.494 e. The van der Waals surface area contributed by atoms with Crippen LogP contribution in [0.4, 0.5) is 0 Å². The number of benzene rings is 1. The van der Waals surface area contributed by atoms with Gasteiger partial charge in [-0.15, -0.1) is 0 Å². The van der Waals surface area contributed by atoms with E-state index >= 15 is 0 Å². The minimum atomic E-state index is 0.697. The number of rotatable bonds is 8. The van der Waals surface area contributed by atoms with Crippen LogP contribution in [0.25, 0.3) is 0 Å². The van der Waals surface area contributed by atoms with Crippen molar-refractivity contribution in [3.63, 3.8) is 0 Å². The summed E-state index contributed by atoms with van der Waals surface area (Å²) in [6.45, 7) is 7.95. The average molecular weight is 278 g/mol. The summed E-state index contributed by atoms with van der Waals surface area (Å²) in [7, 11) is 2.03. The van der Waals surface area contributed by atoms with Crippen LogP contribution >= 0.6 is 0 Å². The first kappa shape index (κ1) is 15.1. The fraction of sp³-hybridized carbons (Fsp3) is 0.625. The van der Waals surface area contributed by atoms with E-state index in [2.05, 4.69) is 10.2 Å². The fourth-order valence-electron chi connectivity index (χ4n) is 2.66. The Hall–Kier alpha value is -1.26. The van der Waals surface area contributed by atoms with Gasteiger partial charge in [0.05, 0.1) is 6.61 Å². The van der Waals surface area contributed by atoms with E-state index in [-0.39, 0.29) is 0 Å². The molecular weight excluding hydrogens is 252 g/mol. The quantitative estimate of drug-likeness (QED) is 0.788. The number of nitrogens with zero attached hydrogens (tertiary/aromatic N) is 1. The smallest absolute Gasteiger partial charge is 0.119 e. The molecule has 1 atom stereocenters. The molecule has 0 amide bonds. The van der Waals surface area contributed by atoms with Gasteiger partial charge in [0.25, 0.3) is 0 Å². The molecule has 1 aliphatic heterocycles. The van der Waals surface area contributed by atoms with Crippen molar-refractivity contribution < 1.29 is 9.47 Å². The zero-order valence-electron chi connectivity index (χ0n) is 12.6. The molecule has 4 heteroatoms. The van der Waals surface area contributed by atoms with Crippen LogP contribution in [0.3, 0.4) is 0 Å². The summed E-state index contributed by atoms with van der Waals surface area (Å²) in [5.74, 6) is 2.61. The van der Waals surface area contributed by atoms with Gasteiger partial charge in [0.2, 0.25) is 0 Å². The maximum atomic E-state index is 5.78. The molecule has 1 N–H and O–H groups in total. The largest absolute Gasteiger partial charge is 0.494 e. The summed E-state index contributed by atoms with van der Waals surface area (Å²) in [6, 6.07) is 7.85. The van der Waals surface area contributed by atoms with Crippen LogP contribution in [0, 0.1) is 5.92 Å². The van der Waals surface area contributed by atoms with Crippen LogP contribution in [-0.4, -0.2) is 51.3 Å². The van der Waals surface area contributed by atoms with Crippen LogP contribution in [-0.2, 0) is 0 Å². The summed E-state index contributed by atoms with van der Waals surface area (Å²) < 4.78 is 11.2. The highest BCUT2D eigenvalue weighted by atomic mass is 16.5. The molecule has 0 spiro atoms. The Bertz CT molecular complexity index is 381. The first-order valence-corrected chi connectivity index (χ1v) is 7.54. The highest BCUT2D eigenvalue weighted by molar-refractivity contribution is 5.31. The maximum Gasteiger partial charge on any atom is 0.119 e. The lowest BCUT2D eigenvalue weighted by atomic mass is 10.1. The normalized spacial score (nSPS) is 19.2. The van der Waals surface area contributed by atoms with Gasteiger partial charge in [0.15, 0.2) is 0 Å². The third kappa shape index (κ3) is 4.69. The van der Waals surface area contributed by atoms with E-state index in [1.165, 1.54) is 19.5 Å². The van der Waals surface area contributed by atoms with E-state index in [9.17, 15) is 0 Å². The number of hydrogen-bond acceptors (Lipinski definition) is 4. The van der Waals surface area contributed by atoms with Gasteiger partial charge in [-0.1, -0.05) is 0 Å². The molecule has 0 radical (unpaired) electrons. The van der Waals surface area contributed by atoms with Gasteiger partial charge in [-0.3, -0.25) is 4.90 Å². The molecule has 0 bridgehead atoms. The van der Waals surface area contributed by atoms with Gasteiger partial charge in [-0.2, -0.15) is 0 Å². The minimum absolute atomic E-state index is 0.697. The van der Waals surface area contributed by atoms with Crippen LogP contribution in [0.1, 0.15) is 13.3 Å². The number of nitrogens with one attached hydrogen (secondary N) is 1. The van der Waals surface area contributed by atoms with Crippen molar-refractivity contribution in [2.45, 2.75) is 13.3 Å². The lowest BCUT2D eigenvalue weighted by molar-refractivity contribution is 0.232. The van der Waals surface area contributed by atoms with Crippen molar-refractivity contribution in [1.29, 1.82) is 0 Å². The molecule has 1 heterocycles. The summed E-state index contributed by atoms with van der Waals surface area (Å²) >= 11 is 0. The van der Waals surface area contributed by atoms with Crippen molar-refractivity contribution in [2.75, 3.05) is 46.4 Å². The van der Waals surface area contributed by atoms with Crippen LogP contribution in [0.5, 0.6) is 11.5 Å². The SMILES string of the molecule is CCOc1ccc(OCCN2CCC(CNC)C2)cc1. The second-order valence-corrected chi connectivity index (χ2v) is 5.27. The van der Waals surface area contributed by atoms with Crippen molar-refractivity contribution in [2.24, 2.45) is 5.92 Å². The molecular formula is C16H26N2O2. The molecule has 1 aromatic carbocycles. The van der Waals surface area contributed by atoms with E-state index in [4.69, 9.17) is 9.47 Å². The van der Waals surface area contributed by atoms with E-state index < -0.39 is 0 Å². The highest BCUT2D eigenvalue weighted by Gasteiger charge is 2.21. The molecule has 1 unspecified atom stereocenters. The first-order valence-electron chi connectivity index (χ1n) is 7.54. The molecule has 0 aromatic heterocycles. The Morgan fingerprint density at radius 1 is 1.20 bits per heavy atom. The molecule has 1 saturated heterocycles. The zero-order chi connectivity index (χ0) is 14.2. The molecule has 112 valence electrons. The predicted molar refractivity (Wildman–Crippen MR) is 81.6 cm³/mol. The molecule has 0 saturated carbocycles. The van der Waals surface area contributed by atoms with E-state index in [0.29, 0.717) is 6.61 Å². The second kappa shape index (κ2) is 8.12. The lowest BCUT2D eigenvalue weighted by Gasteiger charge is -2.16. The molecule has 0 aliphatic carbocycles. The molecule has 1 aliphatic rings. The fourth-order valence-corrected chi connectivity index (χ4v) is 2.66. The van der Waals surface area contributed by atoms with Crippen molar-refractivity contribution in [3.05, 3.63) is 24.3 Å². The van der Waals surface area contributed by atoms with Gasteiger partial charge < -0.3 is 14.8 Å². The van der Waals surface area contributed by atoms with Gasteiger partial charge in [0.1, 0.15) is 18.1 Å². The summed E-state index contributed by atoms with van der Waals surface area (Å²) in [5, 5.41) is 3.26. The summed E-state index contributed by atoms with van der Waals surface area (Å²) in [4.78, 5) is 2.48. The summed E-state index contributed by atoms with van der Waals surface area (Å²) in [6.07, 6.45) is 1.30. The van der Waals surface area contributed by atoms with Crippen LogP contribution < -0.4 is 14.8 Å². The third-order valence-electron chi connectivity index (χ3n) is 3.67. The Labute approximate surface area is 122 Å². The first-order chi connectivity index (χ1) is 9.81. The number of ether oxygens (including phenoxy) is 2. The Balaban J connectivity index is 1.66. The number of hydrogen-bond donors (Lipinski definition) is 1. The van der Waals surface area contributed by atoms with Crippen molar-refractivity contribution in [3.8, 4) is 11.5 Å². The van der Waals surface area contributed by atoms with E-state index in [1.54, 1.807) is 0 Å². The molecule has 1 aromatic rings. The Morgan fingerprint density at radius 3 is 2.55 bits per heavy atom. The third-order valence-corrected chi connectivity index (χ3v) is 3.67. The predicted octanol–water partition coefficient (Wildman–Crippen LogP) is 2.01. The van der Waals surface area contributed by atoms with Gasteiger partial charge in [-0.05, 0) is 63.7 Å². The van der Waals surface area contributed by atoms with Crippen LogP contribution in [0.15, 0.2) is 24.3 Å². The average Bonchev–Trinajstić information content (AvgIpc) is 2.89.